The van der Waals surface area contributed by atoms with E-state index in [1.165, 1.54) is 0 Å². The molecule has 0 spiro atoms. The Bertz CT molecular complexity index is 667. The third-order valence-corrected chi connectivity index (χ3v) is 6.87. The van der Waals surface area contributed by atoms with E-state index >= 15 is 0 Å². The molecule has 0 aromatic carbocycles. The molecule has 0 unspecified atom stereocenters. The zero-order chi connectivity index (χ0) is 17.0. The Balaban J connectivity index is 0.00000484. The van der Waals surface area contributed by atoms with Crippen molar-refractivity contribution < 1.29 is 81.2 Å². The zero-order valence-electron chi connectivity index (χ0n) is 13.2. The maximum Gasteiger partial charge on any atom is 1.00 e. The van der Waals surface area contributed by atoms with Gasteiger partial charge in [-0.05, 0) is 32.1 Å². The molecular formula is C10H21KN2O7S3. The van der Waals surface area contributed by atoms with Crippen LogP contribution in [0.2, 0.25) is 0 Å². The van der Waals surface area contributed by atoms with Crippen LogP contribution >= 0.6 is 0 Å². The minimum absolute atomic E-state index is 0. The molecule has 0 aromatic rings. The molecule has 2 N–H and O–H groups in total. The van der Waals surface area contributed by atoms with E-state index in [4.69, 9.17) is 0 Å². The molecule has 0 heterocycles. The Kier molecular flexibility index (Phi) is 10.5. The molecule has 9 nitrogen and oxygen atoms in total. The van der Waals surface area contributed by atoms with E-state index in [0.29, 0.717) is 25.7 Å². The molecular weight excluding hydrogens is 395 g/mol. The van der Waals surface area contributed by atoms with E-state index in [0.717, 1.165) is 6.26 Å². The van der Waals surface area contributed by atoms with E-state index in [9.17, 15) is 29.8 Å². The molecule has 1 saturated carbocycles. The van der Waals surface area contributed by atoms with Gasteiger partial charge in [-0.15, -0.1) is 0 Å². The van der Waals surface area contributed by atoms with Gasteiger partial charge >= 0.3 is 51.4 Å². The number of rotatable bonds is 8. The number of nitrogens with one attached hydrogen (secondary N) is 2. The van der Waals surface area contributed by atoms with Gasteiger partial charge in [0.15, 0.2) is 0 Å². The molecule has 0 radical (unpaired) electrons. The minimum Gasteiger partial charge on any atom is -0.748 e. The standard InChI is InChI=1S/C10H22N2O7S3.K/c1-20(13,14)12-9-3-5-10(6-4-9)22(18,19)11-7-2-8-21(15,16)17;/h9-12H,2-8H2,1H3,(H,15,16,17);/q;+1/p-1. The van der Waals surface area contributed by atoms with Crippen molar-refractivity contribution in [2.24, 2.45) is 0 Å². The topological polar surface area (TPSA) is 150 Å². The van der Waals surface area contributed by atoms with Crippen LogP contribution in [0, 0.1) is 0 Å². The van der Waals surface area contributed by atoms with E-state index in [-0.39, 0.29) is 70.4 Å². The second-order valence-electron chi connectivity index (χ2n) is 5.42. The Morgan fingerprint density at radius 2 is 1.52 bits per heavy atom. The Morgan fingerprint density at radius 3 is 1.96 bits per heavy atom. The fraction of sp³-hybridized carbons (Fsp3) is 1.00. The molecule has 0 amide bonds. The summed E-state index contributed by atoms with van der Waals surface area (Å²) in [5, 5.41) is -0.631. The predicted molar refractivity (Wildman–Crippen MR) is 80.1 cm³/mol. The van der Waals surface area contributed by atoms with Crippen LogP contribution in [-0.2, 0) is 30.2 Å². The first-order valence-electron chi connectivity index (χ1n) is 6.78. The van der Waals surface area contributed by atoms with Crippen LogP contribution in [0.1, 0.15) is 32.1 Å². The molecule has 132 valence electrons. The van der Waals surface area contributed by atoms with Crippen LogP contribution in [0.25, 0.3) is 0 Å². The normalized spacial score (nSPS) is 23.2. The first kappa shape index (κ1) is 24.4. The maximum absolute atomic E-state index is 12.0. The summed E-state index contributed by atoms with van der Waals surface area (Å²) in [5.41, 5.74) is 0. The Morgan fingerprint density at radius 1 is 1.00 bits per heavy atom. The summed E-state index contributed by atoms with van der Waals surface area (Å²) in [6, 6.07) is -0.257. The second kappa shape index (κ2) is 9.90. The molecule has 0 bridgehead atoms. The molecule has 1 aliphatic carbocycles. The summed E-state index contributed by atoms with van der Waals surface area (Å²) < 4.78 is 82.3. The van der Waals surface area contributed by atoms with Crippen molar-refractivity contribution in [3.63, 3.8) is 0 Å². The van der Waals surface area contributed by atoms with Crippen molar-refractivity contribution in [3.05, 3.63) is 0 Å². The molecule has 1 rings (SSSR count). The Hall–Kier alpha value is 1.37. The Labute approximate surface area is 180 Å². The van der Waals surface area contributed by atoms with Gasteiger partial charge in [-0.2, -0.15) is 0 Å². The molecule has 0 saturated heterocycles. The summed E-state index contributed by atoms with van der Waals surface area (Å²) in [6.07, 6.45) is 2.48. The van der Waals surface area contributed by atoms with Crippen LogP contribution in [0.5, 0.6) is 0 Å². The van der Waals surface area contributed by atoms with Crippen molar-refractivity contribution in [1.29, 1.82) is 0 Å². The van der Waals surface area contributed by atoms with Gasteiger partial charge in [0, 0.05) is 18.3 Å². The molecule has 1 fully saturated rings. The fourth-order valence-electron chi connectivity index (χ4n) is 2.37. The van der Waals surface area contributed by atoms with E-state index in [1.807, 2.05) is 0 Å². The molecule has 13 heteroatoms. The maximum atomic E-state index is 12.0. The summed E-state index contributed by atoms with van der Waals surface area (Å²) >= 11 is 0. The minimum atomic E-state index is -4.34. The van der Waals surface area contributed by atoms with Gasteiger partial charge in [0.2, 0.25) is 20.0 Å². The van der Waals surface area contributed by atoms with E-state index in [2.05, 4.69) is 9.44 Å². The van der Waals surface area contributed by atoms with E-state index < -0.39 is 41.2 Å². The monoisotopic (exact) mass is 416 g/mol. The first-order chi connectivity index (χ1) is 9.89. The smallest absolute Gasteiger partial charge is 0.748 e. The largest absolute Gasteiger partial charge is 1.00 e. The van der Waals surface area contributed by atoms with Gasteiger partial charge in [0.25, 0.3) is 0 Å². The average molecular weight is 417 g/mol. The predicted octanol–water partition coefficient (Wildman–Crippen LogP) is -4.29. The SMILES string of the molecule is CS(=O)(=O)NC1CCC(S(=O)(=O)NCCCS(=O)(=O)[O-])CC1.[K+]. The van der Waals surface area contributed by atoms with Crippen LogP contribution < -0.4 is 60.8 Å². The summed E-state index contributed by atoms with van der Waals surface area (Å²) in [5.74, 6) is -0.611. The molecule has 0 atom stereocenters. The van der Waals surface area contributed by atoms with Gasteiger partial charge in [-0.1, -0.05) is 0 Å². The summed E-state index contributed by atoms with van der Waals surface area (Å²) in [6.45, 7) is -0.106. The van der Waals surface area contributed by atoms with Crippen LogP contribution in [-0.4, -0.2) is 59.7 Å². The van der Waals surface area contributed by atoms with Gasteiger partial charge in [0.1, 0.15) is 0 Å². The van der Waals surface area contributed by atoms with Gasteiger partial charge in [-0.25, -0.2) is 34.7 Å². The van der Waals surface area contributed by atoms with Gasteiger partial charge in [0.05, 0.1) is 21.6 Å². The molecule has 23 heavy (non-hydrogen) atoms. The van der Waals surface area contributed by atoms with Crippen molar-refractivity contribution in [2.45, 2.75) is 43.4 Å². The zero-order valence-corrected chi connectivity index (χ0v) is 18.8. The van der Waals surface area contributed by atoms with Crippen LogP contribution in [0.4, 0.5) is 0 Å². The third-order valence-electron chi connectivity index (χ3n) is 3.37. The quantitative estimate of drug-likeness (QED) is 0.231. The molecule has 1 aliphatic rings. The van der Waals surface area contributed by atoms with Crippen molar-refractivity contribution in [1.82, 2.24) is 9.44 Å². The van der Waals surface area contributed by atoms with Crippen molar-refractivity contribution in [3.8, 4) is 0 Å². The van der Waals surface area contributed by atoms with Crippen LogP contribution in [0.3, 0.4) is 0 Å². The number of sulfonamides is 2. The van der Waals surface area contributed by atoms with Gasteiger partial charge in [-0.3, -0.25) is 0 Å². The average Bonchev–Trinajstić information content (AvgIpc) is 2.32. The third kappa shape index (κ3) is 10.8. The molecule has 0 aliphatic heterocycles. The van der Waals surface area contributed by atoms with Gasteiger partial charge < -0.3 is 4.55 Å². The summed E-state index contributed by atoms with van der Waals surface area (Å²) in [4.78, 5) is 0. The number of hydrogen-bond acceptors (Lipinski definition) is 7. The first-order valence-corrected chi connectivity index (χ1v) is 11.8. The molecule has 0 aromatic heterocycles. The second-order valence-corrected chi connectivity index (χ2v) is 10.8. The van der Waals surface area contributed by atoms with Crippen LogP contribution in [0.15, 0.2) is 0 Å². The number of hydrogen-bond donors (Lipinski definition) is 2. The van der Waals surface area contributed by atoms with E-state index in [1.54, 1.807) is 0 Å². The van der Waals surface area contributed by atoms with Crippen molar-refractivity contribution >= 4 is 30.2 Å². The van der Waals surface area contributed by atoms with Crippen molar-refractivity contribution in [2.75, 3.05) is 18.6 Å². The fourth-order valence-corrected chi connectivity index (χ4v) is 5.27. The summed E-state index contributed by atoms with van der Waals surface area (Å²) in [7, 11) is -11.2.